The van der Waals surface area contributed by atoms with Crippen molar-refractivity contribution < 1.29 is 24.6 Å². The fourth-order valence-electron chi connectivity index (χ4n) is 10.6. The zero-order valence-electron chi connectivity index (χ0n) is 24.3. The molecule has 0 amide bonds. The van der Waals surface area contributed by atoms with E-state index in [1.165, 1.54) is 5.57 Å². The Morgan fingerprint density at radius 3 is 2.08 bits per heavy atom. The molecule has 4 fully saturated rings. The minimum atomic E-state index is -1.05. The van der Waals surface area contributed by atoms with Gasteiger partial charge in [-0.2, -0.15) is 0 Å². The van der Waals surface area contributed by atoms with Crippen LogP contribution in [0.25, 0.3) is 0 Å². The van der Waals surface area contributed by atoms with E-state index in [0.717, 1.165) is 38.5 Å². The normalized spacial score (nSPS) is 50.4. The van der Waals surface area contributed by atoms with Gasteiger partial charge in [0.05, 0.1) is 10.8 Å². The molecule has 39 heavy (non-hydrogen) atoms. The predicted octanol–water partition coefficient (Wildman–Crippen LogP) is 5.79. The van der Waals surface area contributed by atoms with Gasteiger partial charge in [0, 0.05) is 12.0 Å². The highest BCUT2D eigenvalue weighted by Gasteiger charge is 2.71. The van der Waals surface area contributed by atoms with Crippen LogP contribution in [0.2, 0.25) is 0 Å². The van der Waals surface area contributed by atoms with Crippen LogP contribution in [-0.2, 0) is 14.4 Å². The molecule has 4 saturated carbocycles. The van der Waals surface area contributed by atoms with Gasteiger partial charge in [-0.3, -0.25) is 25.7 Å². The SMILES string of the molecule is C[C@]1(C(=O)O)CC[C@]2(C)CC[C@]3(C)C(=CC(=O)[C@@H]4[C@@]5(C)CC[C@H](NN)[C@@](C)(C(=O)O)[C@@H]5CC[C@]43C)[C@@H]2C1.Cl.Cl. The van der Waals surface area contributed by atoms with Gasteiger partial charge in [0.1, 0.15) is 0 Å². The van der Waals surface area contributed by atoms with Gasteiger partial charge in [0.2, 0.25) is 0 Å². The molecule has 7 nitrogen and oxygen atoms in total. The highest BCUT2D eigenvalue weighted by Crippen LogP contribution is 2.75. The summed E-state index contributed by atoms with van der Waals surface area (Å²) in [5.74, 6) is 4.07. The number of ketones is 1. The first-order valence-corrected chi connectivity index (χ1v) is 14.2. The molecule has 0 bridgehead atoms. The number of hydrogen-bond donors (Lipinski definition) is 4. The average molecular weight is 588 g/mol. The van der Waals surface area contributed by atoms with Crippen molar-refractivity contribution in [2.45, 2.75) is 105 Å². The van der Waals surface area contributed by atoms with Crippen LogP contribution < -0.4 is 11.3 Å². The Morgan fingerprint density at radius 2 is 1.51 bits per heavy atom. The van der Waals surface area contributed by atoms with E-state index in [1.807, 2.05) is 19.9 Å². The number of nitrogens with one attached hydrogen (secondary N) is 1. The Labute approximate surface area is 245 Å². The number of aliphatic carboxylic acids is 2. The lowest BCUT2D eigenvalue weighted by Gasteiger charge is -2.70. The van der Waals surface area contributed by atoms with Crippen LogP contribution in [0.4, 0.5) is 0 Å². The van der Waals surface area contributed by atoms with E-state index < -0.39 is 28.2 Å². The van der Waals surface area contributed by atoms with Crippen molar-refractivity contribution in [1.29, 1.82) is 0 Å². The molecule has 9 heteroatoms. The summed E-state index contributed by atoms with van der Waals surface area (Å²) < 4.78 is 0. The van der Waals surface area contributed by atoms with Gasteiger partial charge in [-0.05, 0) is 111 Å². The minimum Gasteiger partial charge on any atom is -0.481 e. The van der Waals surface area contributed by atoms with Crippen molar-refractivity contribution in [3.8, 4) is 0 Å². The van der Waals surface area contributed by atoms with Crippen molar-refractivity contribution in [2.24, 2.45) is 56.1 Å². The molecule has 0 aromatic rings. The summed E-state index contributed by atoms with van der Waals surface area (Å²) in [5, 5.41) is 20.5. The summed E-state index contributed by atoms with van der Waals surface area (Å²) in [6.07, 6.45) is 8.98. The van der Waals surface area contributed by atoms with Gasteiger partial charge >= 0.3 is 11.9 Å². The molecule has 5 aliphatic carbocycles. The second kappa shape index (κ2) is 9.71. The first-order valence-electron chi connectivity index (χ1n) is 14.2. The summed E-state index contributed by atoms with van der Waals surface area (Å²) in [6, 6.07) is -0.334. The summed E-state index contributed by atoms with van der Waals surface area (Å²) in [4.78, 5) is 39.3. The van der Waals surface area contributed by atoms with Crippen molar-refractivity contribution >= 4 is 42.5 Å². The molecule has 0 aromatic carbocycles. The molecule has 0 spiro atoms. The maximum atomic E-state index is 14.3. The number of halogens is 2. The summed E-state index contributed by atoms with van der Waals surface area (Å²) in [7, 11) is 0. The van der Waals surface area contributed by atoms with Crippen LogP contribution in [0.1, 0.15) is 99.3 Å². The average Bonchev–Trinajstić information content (AvgIpc) is 2.81. The number of rotatable bonds is 3. The summed E-state index contributed by atoms with van der Waals surface area (Å²) >= 11 is 0. The van der Waals surface area contributed by atoms with Crippen LogP contribution in [0.3, 0.4) is 0 Å². The monoisotopic (exact) mass is 586 g/mol. The van der Waals surface area contributed by atoms with E-state index in [4.69, 9.17) is 5.84 Å². The van der Waals surface area contributed by atoms with Gasteiger partial charge in [-0.15, -0.1) is 24.8 Å². The molecule has 5 N–H and O–H groups in total. The Morgan fingerprint density at radius 1 is 0.897 bits per heavy atom. The van der Waals surface area contributed by atoms with E-state index in [0.29, 0.717) is 19.3 Å². The maximum absolute atomic E-state index is 14.3. The number of nitrogens with two attached hydrogens (primary N) is 1. The summed E-state index contributed by atoms with van der Waals surface area (Å²) in [5.41, 5.74) is 1.19. The molecule has 10 atom stereocenters. The summed E-state index contributed by atoms with van der Waals surface area (Å²) in [6.45, 7) is 12.8. The second-order valence-corrected chi connectivity index (χ2v) is 14.9. The molecule has 0 unspecified atom stereocenters. The topological polar surface area (TPSA) is 130 Å². The predicted molar refractivity (Wildman–Crippen MR) is 155 cm³/mol. The lowest BCUT2D eigenvalue weighted by Crippen LogP contribution is -2.69. The number of fused-ring (bicyclic) bond motifs is 7. The van der Waals surface area contributed by atoms with E-state index in [9.17, 15) is 24.6 Å². The largest absolute Gasteiger partial charge is 0.481 e. The molecular formula is C30H48Cl2N2O5. The molecule has 0 saturated heterocycles. The van der Waals surface area contributed by atoms with Gasteiger partial charge in [-0.1, -0.05) is 33.3 Å². The Kier molecular flexibility index (Phi) is 8.06. The maximum Gasteiger partial charge on any atom is 0.311 e. The van der Waals surface area contributed by atoms with E-state index in [1.54, 1.807) is 0 Å². The molecule has 5 aliphatic rings. The molecule has 0 aliphatic heterocycles. The fraction of sp³-hybridized carbons (Fsp3) is 0.833. The second-order valence-electron chi connectivity index (χ2n) is 14.9. The van der Waals surface area contributed by atoms with Crippen molar-refractivity contribution in [3.05, 3.63) is 11.6 Å². The molecule has 0 heterocycles. The van der Waals surface area contributed by atoms with Gasteiger partial charge in [0.25, 0.3) is 0 Å². The molecule has 5 rings (SSSR count). The van der Waals surface area contributed by atoms with Crippen molar-refractivity contribution in [2.75, 3.05) is 0 Å². The Hall–Kier alpha value is -1.15. The number of carboxylic acids is 2. The standard InChI is InChI=1S/C30H46N2O5.2ClH/c1-25-11-12-26(2,23(34)35)16-18(25)17-15-19(33)22-27(3)9-8-21(32-31)30(6,24(36)37)20(27)7-10-29(22,5)28(17,4)14-13-25;;/h15,18,20-22,32H,7-14,16,31H2,1-6H3,(H,34,35)(H,36,37);2*1H/t18-,20+,21-,22+,25+,26-,27-,28+,29+,30-;;/m0../s1. The van der Waals surface area contributed by atoms with Crippen molar-refractivity contribution in [1.82, 2.24) is 5.43 Å². The highest BCUT2D eigenvalue weighted by atomic mass is 35.5. The smallest absolute Gasteiger partial charge is 0.311 e. The fourth-order valence-corrected chi connectivity index (χ4v) is 10.6. The van der Waals surface area contributed by atoms with Gasteiger partial charge in [-0.25, -0.2) is 0 Å². The zero-order valence-corrected chi connectivity index (χ0v) is 25.9. The van der Waals surface area contributed by atoms with E-state index in [-0.39, 0.29) is 70.6 Å². The van der Waals surface area contributed by atoms with Crippen LogP contribution in [-0.4, -0.2) is 34.0 Å². The minimum absolute atomic E-state index is 0. The molecule has 0 aromatic heterocycles. The molecular weight excluding hydrogens is 539 g/mol. The number of carbonyl (C=O) groups is 3. The number of carboxylic acid groups (broad SMARTS) is 2. The third-order valence-electron chi connectivity index (χ3n) is 13.4. The number of hydrogen-bond acceptors (Lipinski definition) is 5. The van der Waals surface area contributed by atoms with Crippen LogP contribution in [0.15, 0.2) is 11.6 Å². The zero-order chi connectivity index (χ0) is 27.4. The number of allylic oxidation sites excluding steroid dienone is 2. The van der Waals surface area contributed by atoms with E-state index in [2.05, 4.69) is 33.1 Å². The first kappa shape index (κ1) is 32.4. The van der Waals surface area contributed by atoms with Crippen molar-refractivity contribution in [3.63, 3.8) is 0 Å². The van der Waals surface area contributed by atoms with Gasteiger partial charge < -0.3 is 10.2 Å². The third-order valence-corrected chi connectivity index (χ3v) is 13.4. The lowest BCUT2D eigenvalue weighted by molar-refractivity contribution is -0.201. The third kappa shape index (κ3) is 3.92. The first-order chi connectivity index (χ1) is 17.0. The lowest BCUT2D eigenvalue weighted by atomic mass is 9.33. The van der Waals surface area contributed by atoms with Crippen LogP contribution >= 0.6 is 24.8 Å². The quantitative estimate of drug-likeness (QED) is 0.243. The Balaban J connectivity index is 0.00000210. The van der Waals surface area contributed by atoms with Crippen LogP contribution in [0, 0.1) is 50.2 Å². The van der Waals surface area contributed by atoms with Gasteiger partial charge in [0.15, 0.2) is 5.78 Å². The number of hydrazine groups is 1. The van der Waals surface area contributed by atoms with E-state index >= 15 is 0 Å². The highest BCUT2D eigenvalue weighted by molar-refractivity contribution is 5.96. The van der Waals surface area contributed by atoms with Crippen LogP contribution in [0.5, 0.6) is 0 Å². The number of carbonyl (C=O) groups excluding carboxylic acids is 1. The molecule has 0 radical (unpaired) electrons. The molecule has 222 valence electrons. The Bertz CT molecular complexity index is 1100.